The minimum Gasteiger partial charge on any atom is -0.379 e. The Hall–Kier alpha value is -2.21. The van der Waals surface area contributed by atoms with Crippen molar-refractivity contribution in [2.75, 3.05) is 45.2 Å². The lowest BCUT2D eigenvalue weighted by Crippen LogP contribution is -2.35. The Morgan fingerprint density at radius 1 is 1.11 bits per heavy atom. The van der Waals surface area contributed by atoms with E-state index >= 15 is 0 Å². The molecule has 0 saturated carbocycles. The number of amides is 1. The highest BCUT2D eigenvalue weighted by molar-refractivity contribution is 5.92. The fraction of sp³-hybridized carbons (Fsp3) is 0.409. The van der Waals surface area contributed by atoms with Crippen LogP contribution in [0, 0.1) is 6.92 Å². The van der Waals surface area contributed by atoms with E-state index in [4.69, 9.17) is 4.74 Å². The SMILES string of the molecule is Cc1ccccc1CN(C)CC(=O)Nc1ccc(CN2CCOCC2)cc1. The number of aryl methyl sites for hydroxylation is 1. The van der Waals surface area contributed by atoms with E-state index < -0.39 is 0 Å². The summed E-state index contributed by atoms with van der Waals surface area (Å²) in [6, 6.07) is 16.4. The van der Waals surface area contributed by atoms with E-state index in [0.29, 0.717) is 6.54 Å². The number of benzene rings is 2. The molecule has 27 heavy (non-hydrogen) atoms. The van der Waals surface area contributed by atoms with Gasteiger partial charge in [0.2, 0.25) is 5.91 Å². The van der Waals surface area contributed by atoms with Crippen molar-refractivity contribution >= 4 is 11.6 Å². The first-order chi connectivity index (χ1) is 13.1. The molecule has 1 amide bonds. The van der Waals surface area contributed by atoms with Crippen LogP contribution in [-0.2, 0) is 22.6 Å². The van der Waals surface area contributed by atoms with Gasteiger partial charge < -0.3 is 10.1 Å². The molecule has 1 saturated heterocycles. The minimum absolute atomic E-state index is 0.00649. The van der Waals surface area contributed by atoms with E-state index in [9.17, 15) is 4.79 Å². The van der Waals surface area contributed by atoms with E-state index in [-0.39, 0.29) is 5.91 Å². The number of carbonyl (C=O) groups excluding carboxylic acids is 1. The molecule has 0 aromatic heterocycles. The molecule has 0 atom stereocenters. The Kier molecular flexibility index (Phi) is 6.98. The van der Waals surface area contributed by atoms with Gasteiger partial charge in [0, 0.05) is 31.9 Å². The zero-order valence-electron chi connectivity index (χ0n) is 16.3. The fourth-order valence-corrected chi connectivity index (χ4v) is 3.29. The lowest BCUT2D eigenvalue weighted by Gasteiger charge is -2.26. The molecular weight excluding hydrogens is 338 g/mol. The Morgan fingerprint density at radius 3 is 2.52 bits per heavy atom. The van der Waals surface area contributed by atoms with E-state index in [1.807, 2.05) is 36.2 Å². The van der Waals surface area contributed by atoms with Crippen LogP contribution >= 0.6 is 0 Å². The number of nitrogens with zero attached hydrogens (tertiary/aromatic N) is 2. The van der Waals surface area contributed by atoms with Gasteiger partial charge in [0.05, 0.1) is 19.8 Å². The molecule has 1 aliphatic heterocycles. The van der Waals surface area contributed by atoms with Crippen molar-refractivity contribution in [3.05, 3.63) is 65.2 Å². The van der Waals surface area contributed by atoms with Crippen LogP contribution in [0.1, 0.15) is 16.7 Å². The van der Waals surface area contributed by atoms with Gasteiger partial charge in [-0.2, -0.15) is 0 Å². The number of anilines is 1. The van der Waals surface area contributed by atoms with Gasteiger partial charge in [-0.3, -0.25) is 14.6 Å². The van der Waals surface area contributed by atoms with E-state index in [1.54, 1.807) is 0 Å². The maximum atomic E-state index is 12.3. The minimum atomic E-state index is 0.00649. The predicted molar refractivity (Wildman–Crippen MR) is 109 cm³/mol. The molecule has 0 spiro atoms. The summed E-state index contributed by atoms with van der Waals surface area (Å²) in [6.07, 6.45) is 0. The molecule has 3 rings (SSSR count). The summed E-state index contributed by atoms with van der Waals surface area (Å²) in [5, 5.41) is 2.99. The molecule has 2 aromatic carbocycles. The molecule has 5 heteroatoms. The molecule has 0 aliphatic carbocycles. The van der Waals surface area contributed by atoms with Gasteiger partial charge in [-0.1, -0.05) is 36.4 Å². The van der Waals surface area contributed by atoms with Crippen molar-refractivity contribution in [3.63, 3.8) is 0 Å². The monoisotopic (exact) mass is 367 g/mol. The molecule has 0 bridgehead atoms. The van der Waals surface area contributed by atoms with Gasteiger partial charge in [0.1, 0.15) is 0 Å². The van der Waals surface area contributed by atoms with Gasteiger partial charge in [-0.15, -0.1) is 0 Å². The zero-order valence-corrected chi connectivity index (χ0v) is 16.3. The first-order valence-corrected chi connectivity index (χ1v) is 9.52. The van der Waals surface area contributed by atoms with Crippen LogP contribution in [0.5, 0.6) is 0 Å². The summed E-state index contributed by atoms with van der Waals surface area (Å²) >= 11 is 0. The van der Waals surface area contributed by atoms with Gasteiger partial charge in [-0.05, 0) is 42.8 Å². The van der Waals surface area contributed by atoms with E-state index in [1.165, 1.54) is 16.7 Å². The van der Waals surface area contributed by atoms with Gasteiger partial charge >= 0.3 is 0 Å². The number of ether oxygens (including phenoxy) is 1. The van der Waals surface area contributed by atoms with Crippen molar-refractivity contribution < 1.29 is 9.53 Å². The van der Waals surface area contributed by atoms with Crippen LogP contribution in [0.25, 0.3) is 0 Å². The zero-order chi connectivity index (χ0) is 19.1. The average Bonchev–Trinajstić information content (AvgIpc) is 2.66. The summed E-state index contributed by atoms with van der Waals surface area (Å²) in [7, 11) is 1.97. The Morgan fingerprint density at radius 2 is 1.81 bits per heavy atom. The number of rotatable bonds is 7. The largest absolute Gasteiger partial charge is 0.379 e. The Bertz CT molecular complexity index is 739. The second-order valence-corrected chi connectivity index (χ2v) is 7.23. The maximum Gasteiger partial charge on any atom is 0.238 e. The van der Waals surface area contributed by atoms with Crippen LogP contribution < -0.4 is 5.32 Å². The van der Waals surface area contributed by atoms with Crippen LogP contribution in [0.15, 0.2) is 48.5 Å². The van der Waals surface area contributed by atoms with Gasteiger partial charge in [0.15, 0.2) is 0 Å². The highest BCUT2D eigenvalue weighted by Crippen LogP contribution is 2.13. The second kappa shape index (κ2) is 9.65. The Balaban J connectivity index is 1.46. The summed E-state index contributed by atoms with van der Waals surface area (Å²) in [5.74, 6) is 0.00649. The highest BCUT2D eigenvalue weighted by atomic mass is 16.5. The van der Waals surface area contributed by atoms with E-state index in [2.05, 4.69) is 41.4 Å². The van der Waals surface area contributed by atoms with Crippen molar-refractivity contribution in [2.45, 2.75) is 20.0 Å². The molecule has 1 heterocycles. The molecule has 0 radical (unpaired) electrons. The van der Waals surface area contributed by atoms with E-state index in [0.717, 1.165) is 45.1 Å². The fourth-order valence-electron chi connectivity index (χ4n) is 3.29. The first kappa shape index (κ1) is 19.5. The molecule has 1 fully saturated rings. The predicted octanol–water partition coefficient (Wildman–Crippen LogP) is 2.90. The van der Waals surface area contributed by atoms with Crippen LogP contribution in [0.4, 0.5) is 5.69 Å². The van der Waals surface area contributed by atoms with Gasteiger partial charge in [0.25, 0.3) is 0 Å². The number of likely N-dealkylation sites (N-methyl/N-ethyl adjacent to an activating group) is 1. The van der Waals surface area contributed by atoms with Crippen LogP contribution in [-0.4, -0.2) is 55.6 Å². The van der Waals surface area contributed by atoms with Crippen LogP contribution in [0.3, 0.4) is 0 Å². The third-order valence-corrected chi connectivity index (χ3v) is 4.86. The highest BCUT2D eigenvalue weighted by Gasteiger charge is 2.11. The van der Waals surface area contributed by atoms with Crippen molar-refractivity contribution in [2.24, 2.45) is 0 Å². The number of nitrogens with one attached hydrogen (secondary N) is 1. The summed E-state index contributed by atoms with van der Waals surface area (Å²) in [4.78, 5) is 16.7. The van der Waals surface area contributed by atoms with Crippen molar-refractivity contribution in [1.29, 1.82) is 0 Å². The molecule has 1 N–H and O–H groups in total. The molecule has 2 aromatic rings. The molecule has 1 aliphatic rings. The number of morpholine rings is 1. The van der Waals surface area contributed by atoms with Gasteiger partial charge in [-0.25, -0.2) is 0 Å². The summed E-state index contributed by atoms with van der Waals surface area (Å²) in [5.41, 5.74) is 4.60. The van der Waals surface area contributed by atoms with Crippen LogP contribution in [0.2, 0.25) is 0 Å². The third-order valence-electron chi connectivity index (χ3n) is 4.86. The second-order valence-electron chi connectivity index (χ2n) is 7.23. The number of carbonyl (C=O) groups is 1. The maximum absolute atomic E-state index is 12.3. The summed E-state index contributed by atoms with van der Waals surface area (Å²) < 4.78 is 5.38. The molecular formula is C22H29N3O2. The smallest absolute Gasteiger partial charge is 0.238 e. The quantitative estimate of drug-likeness (QED) is 0.817. The van der Waals surface area contributed by atoms with Crippen molar-refractivity contribution in [1.82, 2.24) is 9.80 Å². The summed E-state index contributed by atoms with van der Waals surface area (Å²) in [6.45, 7) is 7.73. The lowest BCUT2D eigenvalue weighted by molar-refractivity contribution is -0.117. The first-order valence-electron chi connectivity index (χ1n) is 9.52. The van der Waals surface area contributed by atoms with Crippen molar-refractivity contribution in [3.8, 4) is 0 Å². The third kappa shape index (κ3) is 6.17. The molecule has 144 valence electrons. The lowest BCUT2D eigenvalue weighted by atomic mass is 10.1. The normalized spacial score (nSPS) is 15.1. The topological polar surface area (TPSA) is 44.8 Å². The molecule has 0 unspecified atom stereocenters. The standard InChI is InChI=1S/C22H29N3O2/c1-18-5-3-4-6-20(18)16-24(2)17-22(26)23-21-9-7-19(8-10-21)15-25-11-13-27-14-12-25/h3-10H,11-17H2,1-2H3,(H,23,26). The average molecular weight is 367 g/mol. The number of hydrogen-bond donors (Lipinski definition) is 1. The molecule has 5 nitrogen and oxygen atoms in total. The Labute approximate surface area is 161 Å². The number of hydrogen-bond acceptors (Lipinski definition) is 4.